The van der Waals surface area contributed by atoms with Crippen molar-refractivity contribution in [3.8, 4) is 0 Å². The van der Waals surface area contributed by atoms with Crippen LogP contribution in [0.3, 0.4) is 0 Å². The highest BCUT2D eigenvalue weighted by molar-refractivity contribution is 7.17. The number of hydrogen-bond acceptors (Lipinski definition) is 2. The second-order valence-electron chi connectivity index (χ2n) is 2.18. The van der Waals surface area contributed by atoms with Crippen molar-refractivity contribution in [2.45, 2.75) is 0 Å². The Bertz CT molecular complexity index is 356. The predicted molar refractivity (Wildman–Crippen MR) is 53.5 cm³/mol. The summed E-state index contributed by atoms with van der Waals surface area (Å²) in [7, 11) is 0. The van der Waals surface area contributed by atoms with Crippen molar-refractivity contribution >= 4 is 39.5 Å². The fourth-order valence-corrected chi connectivity index (χ4v) is 1.84. The van der Waals surface area contributed by atoms with E-state index in [1.807, 2.05) is 12.1 Å². The summed E-state index contributed by atoms with van der Waals surface area (Å²) in [5.41, 5.74) is 6.58. The van der Waals surface area contributed by atoms with Gasteiger partial charge in [-0.25, -0.2) is 0 Å². The van der Waals surface area contributed by atoms with Gasteiger partial charge in [0.05, 0.1) is 0 Å². The number of benzene rings is 1. The van der Waals surface area contributed by atoms with Gasteiger partial charge in [-0.1, -0.05) is 6.07 Å². The lowest BCUT2D eigenvalue weighted by Crippen LogP contribution is -1.82. The highest BCUT2D eigenvalue weighted by atomic mass is 35.5. The fraction of sp³-hybridized carbons (Fsp3) is 0. The Hall–Kier alpha value is -0.730. The van der Waals surface area contributed by atoms with Crippen LogP contribution in [0.25, 0.3) is 10.1 Å². The van der Waals surface area contributed by atoms with Crippen molar-refractivity contribution in [2.24, 2.45) is 0 Å². The van der Waals surface area contributed by atoms with Gasteiger partial charge in [-0.15, -0.1) is 23.7 Å². The summed E-state index contributed by atoms with van der Waals surface area (Å²) < 4.78 is 1.26. The lowest BCUT2D eigenvalue weighted by molar-refractivity contribution is 1.80. The first kappa shape index (κ1) is 8.37. The van der Waals surface area contributed by atoms with Gasteiger partial charge in [0.25, 0.3) is 0 Å². The number of nitrogen functional groups attached to an aromatic ring is 1. The Morgan fingerprint density at radius 3 is 2.73 bits per heavy atom. The third-order valence-corrected chi connectivity index (χ3v) is 2.41. The van der Waals surface area contributed by atoms with E-state index in [0.29, 0.717) is 0 Å². The maximum absolute atomic E-state index is 5.71. The molecule has 2 N–H and O–H groups in total. The Kier molecular flexibility index (Phi) is 2.37. The zero-order chi connectivity index (χ0) is 6.97. The second-order valence-corrected chi connectivity index (χ2v) is 3.13. The van der Waals surface area contributed by atoms with Crippen LogP contribution in [-0.4, -0.2) is 0 Å². The minimum Gasteiger partial charge on any atom is -0.398 e. The van der Waals surface area contributed by atoms with Gasteiger partial charge in [0.15, 0.2) is 0 Å². The largest absolute Gasteiger partial charge is 0.398 e. The number of fused-ring (bicyclic) bond motifs is 1. The number of rotatable bonds is 0. The highest BCUT2D eigenvalue weighted by Gasteiger charge is 1.95. The van der Waals surface area contributed by atoms with Crippen molar-refractivity contribution in [2.75, 3.05) is 5.73 Å². The summed E-state index contributed by atoms with van der Waals surface area (Å²) in [5, 5.41) is 3.23. The molecule has 0 unspecified atom stereocenters. The molecular formula is C8H8ClNS. The summed E-state index contributed by atoms with van der Waals surface area (Å²) in [6.45, 7) is 0. The minimum atomic E-state index is 0. The van der Waals surface area contributed by atoms with Crippen LogP contribution in [-0.2, 0) is 0 Å². The van der Waals surface area contributed by atoms with Crippen molar-refractivity contribution < 1.29 is 0 Å². The molecule has 0 aliphatic rings. The molecule has 3 heteroatoms. The van der Waals surface area contributed by atoms with Gasteiger partial charge in [-0.2, -0.15) is 0 Å². The quantitative estimate of drug-likeness (QED) is 0.628. The van der Waals surface area contributed by atoms with E-state index >= 15 is 0 Å². The van der Waals surface area contributed by atoms with Crippen LogP contribution in [0, 0.1) is 0 Å². The van der Waals surface area contributed by atoms with Gasteiger partial charge in [0.2, 0.25) is 0 Å². The summed E-state index contributed by atoms with van der Waals surface area (Å²) >= 11 is 1.72. The molecular weight excluding hydrogens is 178 g/mol. The van der Waals surface area contributed by atoms with E-state index in [1.165, 1.54) is 10.1 Å². The maximum atomic E-state index is 5.71. The van der Waals surface area contributed by atoms with Crippen LogP contribution in [0.4, 0.5) is 5.69 Å². The average molecular weight is 186 g/mol. The third kappa shape index (κ3) is 1.32. The summed E-state index contributed by atoms with van der Waals surface area (Å²) in [6.07, 6.45) is 0. The van der Waals surface area contributed by atoms with E-state index in [1.54, 1.807) is 11.3 Å². The number of thiophene rings is 1. The Labute approximate surface area is 75.2 Å². The van der Waals surface area contributed by atoms with Crippen LogP contribution in [0.5, 0.6) is 0 Å². The lowest BCUT2D eigenvalue weighted by Gasteiger charge is -1.92. The van der Waals surface area contributed by atoms with Crippen LogP contribution in [0.2, 0.25) is 0 Å². The number of halogens is 1. The molecule has 0 fully saturated rings. The minimum absolute atomic E-state index is 0. The SMILES string of the molecule is Cl.Nc1cccc2sccc12. The van der Waals surface area contributed by atoms with E-state index in [0.717, 1.165) is 5.69 Å². The van der Waals surface area contributed by atoms with Gasteiger partial charge < -0.3 is 5.73 Å². The van der Waals surface area contributed by atoms with E-state index in [4.69, 9.17) is 5.73 Å². The monoisotopic (exact) mass is 185 g/mol. The number of anilines is 1. The first-order chi connectivity index (χ1) is 4.88. The zero-order valence-electron chi connectivity index (χ0n) is 5.78. The van der Waals surface area contributed by atoms with Gasteiger partial charge in [0, 0.05) is 15.8 Å². The standard InChI is InChI=1S/C8H7NS.ClH/c9-7-2-1-3-8-6(7)4-5-10-8;/h1-5H,9H2;1H. The molecule has 0 spiro atoms. The van der Waals surface area contributed by atoms with E-state index < -0.39 is 0 Å². The summed E-state index contributed by atoms with van der Waals surface area (Å²) in [4.78, 5) is 0. The Morgan fingerprint density at radius 1 is 1.18 bits per heavy atom. The van der Waals surface area contributed by atoms with Crippen LogP contribution in [0.15, 0.2) is 29.6 Å². The van der Waals surface area contributed by atoms with Crippen molar-refractivity contribution in [1.82, 2.24) is 0 Å². The first-order valence-electron chi connectivity index (χ1n) is 3.09. The molecule has 0 aliphatic carbocycles. The molecule has 0 atom stereocenters. The second kappa shape index (κ2) is 3.11. The molecule has 58 valence electrons. The molecule has 0 amide bonds. The Morgan fingerprint density at radius 2 is 2.00 bits per heavy atom. The van der Waals surface area contributed by atoms with Crippen molar-refractivity contribution in [1.29, 1.82) is 0 Å². The maximum Gasteiger partial charge on any atom is 0.0402 e. The molecule has 0 radical (unpaired) electrons. The van der Waals surface area contributed by atoms with Gasteiger partial charge >= 0.3 is 0 Å². The fourth-order valence-electron chi connectivity index (χ4n) is 1.02. The molecule has 1 nitrogen and oxygen atoms in total. The van der Waals surface area contributed by atoms with Crippen LogP contribution >= 0.6 is 23.7 Å². The van der Waals surface area contributed by atoms with E-state index in [-0.39, 0.29) is 12.4 Å². The predicted octanol–water partition coefficient (Wildman–Crippen LogP) is 2.91. The topological polar surface area (TPSA) is 26.0 Å². The van der Waals surface area contributed by atoms with Crippen LogP contribution in [0.1, 0.15) is 0 Å². The van der Waals surface area contributed by atoms with E-state index in [9.17, 15) is 0 Å². The summed E-state index contributed by atoms with van der Waals surface area (Å²) in [5.74, 6) is 0. The highest BCUT2D eigenvalue weighted by Crippen LogP contribution is 2.24. The number of hydrogen-bond donors (Lipinski definition) is 1. The normalized spacial score (nSPS) is 9.45. The number of nitrogens with two attached hydrogens (primary N) is 1. The molecule has 11 heavy (non-hydrogen) atoms. The molecule has 0 saturated carbocycles. The molecule has 1 heterocycles. The summed E-state index contributed by atoms with van der Waals surface area (Å²) in [6, 6.07) is 8.04. The molecule has 0 saturated heterocycles. The van der Waals surface area contributed by atoms with Gasteiger partial charge in [0.1, 0.15) is 0 Å². The molecule has 0 bridgehead atoms. The van der Waals surface area contributed by atoms with Crippen LogP contribution < -0.4 is 5.73 Å². The van der Waals surface area contributed by atoms with Gasteiger partial charge in [-0.3, -0.25) is 0 Å². The molecule has 0 aliphatic heterocycles. The van der Waals surface area contributed by atoms with Gasteiger partial charge in [-0.05, 0) is 23.6 Å². The molecule has 2 rings (SSSR count). The molecule has 2 aromatic rings. The van der Waals surface area contributed by atoms with Crippen molar-refractivity contribution in [3.05, 3.63) is 29.6 Å². The lowest BCUT2D eigenvalue weighted by atomic mass is 10.2. The Balaban J connectivity index is 0.000000605. The van der Waals surface area contributed by atoms with E-state index in [2.05, 4.69) is 17.5 Å². The first-order valence-corrected chi connectivity index (χ1v) is 3.97. The third-order valence-electron chi connectivity index (χ3n) is 1.53. The molecule has 1 aromatic heterocycles. The molecule has 1 aromatic carbocycles. The van der Waals surface area contributed by atoms with Crippen molar-refractivity contribution in [3.63, 3.8) is 0 Å². The zero-order valence-corrected chi connectivity index (χ0v) is 7.41. The smallest absolute Gasteiger partial charge is 0.0402 e. The average Bonchev–Trinajstić information content (AvgIpc) is 2.36.